The summed E-state index contributed by atoms with van der Waals surface area (Å²) in [6.07, 6.45) is 2.54. The number of ether oxygens (including phenoxy) is 2. The molecular weight excluding hydrogens is 262 g/mol. The molecule has 0 N–H and O–H groups in total. The van der Waals surface area contributed by atoms with Crippen LogP contribution >= 0.6 is 0 Å². The van der Waals surface area contributed by atoms with Crippen LogP contribution in [-0.4, -0.2) is 42.9 Å². The van der Waals surface area contributed by atoms with Crippen LogP contribution in [-0.2, 0) is 23.9 Å². The van der Waals surface area contributed by atoms with Crippen molar-refractivity contribution in [2.45, 2.75) is 13.8 Å². The number of carbonyl (C=O) groups is 3. The summed E-state index contributed by atoms with van der Waals surface area (Å²) in [6, 6.07) is 0. The third-order valence-electron chi connectivity index (χ3n) is 3.27. The Kier molecular flexibility index (Phi) is 5.49. The average molecular weight is 281 g/mol. The zero-order valence-corrected chi connectivity index (χ0v) is 11.9. The lowest BCUT2D eigenvalue weighted by Crippen LogP contribution is -2.33. The standard InChI is InChI=1S/C14H19NO5/c1-9(5-6-12(16)19-4)20-8-7-15-13(17)10(2)11(3)14(15)18/h5-6,10-11H,1,7-8H2,2-4H3/b6-5+/t10-,11+. The monoisotopic (exact) mass is 281 g/mol. The summed E-state index contributed by atoms with van der Waals surface area (Å²) in [5.41, 5.74) is 0. The van der Waals surface area contributed by atoms with E-state index in [0.29, 0.717) is 0 Å². The second-order valence-electron chi connectivity index (χ2n) is 4.58. The summed E-state index contributed by atoms with van der Waals surface area (Å²) in [6.45, 7) is 7.39. The molecule has 1 fully saturated rings. The molecule has 1 rings (SSSR count). The summed E-state index contributed by atoms with van der Waals surface area (Å²) in [5, 5.41) is 0. The maximum atomic E-state index is 11.8. The Labute approximate surface area is 118 Å². The Morgan fingerprint density at radius 2 is 1.80 bits per heavy atom. The van der Waals surface area contributed by atoms with E-state index in [0.717, 1.165) is 0 Å². The number of hydrogen-bond acceptors (Lipinski definition) is 5. The second kappa shape index (κ2) is 6.88. The molecule has 0 aromatic heterocycles. The van der Waals surface area contributed by atoms with E-state index in [1.807, 2.05) is 0 Å². The van der Waals surface area contributed by atoms with Gasteiger partial charge in [0, 0.05) is 17.9 Å². The average Bonchev–Trinajstić information content (AvgIpc) is 2.62. The van der Waals surface area contributed by atoms with Gasteiger partial charge in [-0.3, -0.25) is 14.5 Å². The molecule has 2 amide bonds. The molecule has 2 atom stereocenters. The summed E-state index contributed by atoms with van der Waals surface area (Å²) in [4.78, 5) is 35.7. The van der Waals surface area contributed by atoms with Gasteiger partial charge in [0.1, 0.15) is 12.4 Å². The van der Waals surface area contributed by atoms with Gasteiger partial charge in [0.05, 0.1) is 13.7 Å². The second-order valence-corrected chi connectivity index (χ2v) is 4.58. The minimum atomic E-state index is -0.512. The molecule has 0 spiro atoms. The normalized spacial score (nSPS) is 22.4. The lowest BCUT2D eigenvalue weighted by Gasteiger charge is -2.14. The van der Waals surface area contributed by atoms with Crippen molar-refractivity contribution < 1.29 is 23.9 Å². The third kappa shape index (κ3) is 3.69. The van der Waals surface area contributed by atoms with E-state index in [1.165, 1.54) is 24.2 Å². The van der Waals surface area contributed by atoms with Crippen molar-refractivity contribution in [2.75, 3.05) is 20.3 Å². The van der Waals surface area contributed by atoms with Gasteiger partial charge in [-0.05, 0) is 6.08 Å². The first kappa shape index (κ1) is 15.9. The van der Waals surface area contributed by atoms with Crippen LogP contribution in [0.5, 0.6) is 0 Å². The van der Waals surface area contributed by atoms with Crippen molar-refractivity contribution in [3.8, 4) is 0 Å². The Balaban J connectivity index is 2.40. The van der Waals surface area contributed by atoms with Crippen molar-refractivity contribution in [1.29, 1.82) is 0 Å². The van der Waals surface area contributed by atoms with Crippen molar-refractivity contribution in [3.05, 3.63) is 24.5 Å². The predicted molar refractivity (Wildman–Crippen MR) is 71.3 cm³/mol. The summed E-state index contributed by atoms with van der Waals surface area (Å²) < 4.78 is 9.65. The molecule has 0 saturated carbocycles. The Bertz CT molecular complexity index is 434. The fourth-order valence-electron chi connectivity index (χ4n) is 1.79. The maximum Gasteiger partial charge on any atom is 0.330 e. The maximum absolute atomic E-state index is 11.8. The van der Waals surface area contributed by atoms with E-state index in [2.05, 4.69) is 11.3 Å². The fraction of sp³-hybridized carbons (Fsp3) is 0.500. The summed E-state index contributed by atoms with van der Waals surface area (Å²) in [5.74, 6) is -1.18. The highest BCUT2D eigenvalue weighted by Gasteiger charge is 2.41. The molecule has 6 nitrogen and oxygen atoms in total. The molecule has 0 bridgehead atoms. The largest absolute Gasteiger partial charge is 0.492 e. The van der Waals surface area contributed by atoms with E-state index in [9.17, 15) is 14.4 Å². The number of nitrogens with zero attached hydrogens (tertiary/aromatic N) is 1. The predicted octanol–water partition coefficient (Wildman–Crippen LogP) is 0.887. The smallest absolute Gasteiger partial charge is 0.330 e. The molecule has 0 aliphatic carbocycles. The van der Waals surface area contributed by atoms with E-state index < -0.39 is 5.97 Å². The number of esters is 1. The van der Waals surface area contributed by atoms with Crippen LogP contribution in [0, 0.1) is 11.8 Å². The number of carbonyl (C=O) groups excluding carboxylic acids is 3. The topological polar surface area (TPSA) is 72.9 Å². The molecule has 6 heteroatoms. The summed E-state index contributed by atoms with van der Waals surface area (Å²) in [7, 11) is 1.27. The number of methoxy groups -OCH3 is 1. The van der Waals surface area contributed by atoms with Gasteiger partial charge < -0.3 is 9.47 Å². The van der Waals surface area contributed by atoms with Gasteiger partial charge in [-0.2, -0.15) is 0 Å². The van der Waals surface area contributed by atoms with Crippen LogP contribution in [0.2, 0.25) is 0 Å². The minimum absolute atomic E-state index is 0.140. The first-order chi connectivity index (χ1) is 9.38. The van der Waals surface area contributed by atoms with Gasteiger partial charge in [-0.15, -0.1) is 0 Å². The zero-order chi connectivity index (χ0) is 15.3. The van der Waals surface area contributed by atoms with Gasteiger partial charge >= 0.3 is 5.97 Å². The van der Waals surface area contributed by atoms with Crippen LogP contribution < -0.4 is 0 Å². The number of amides is 2. The van der Waals surface area contributed by atoms with E-state index in [-0.39, 0.29) is 42.6 Å². The molecule has 1 aliphatic rings. The molecule has 1 saturated heterocycles. The first-order valence-corrected chi connectivity index (χ1v) is 6.31. The number of imide groups is 1. The van der Waals surface area contributed by atoms with Gasteiger partial charge in [0.2, 0.25) is 11.8 Å². The Hall–Kier alpha value is -2.11. The lowest BCUT2D eigenvalue weighted by atomic mass is 10.00. The first-order valence-electron chi connectivity index (χ1n) is 6.31. The Morgan fingerprint density at radius 1 is 1.25 bits per heavy atom. The molecule has 0 radical (unpaired) electrons. The number of likely N-dealkylation sites (tertiary alicyclic amines) is 1. The molecular formula is C14H19NO5. The van der Waals surface area contributed by atoms with Crippen molar-refractivity contribution in [2.24, 2.45) is 11.8 Å². The van der Waals surface area contributed by atoms with Crippen LogP contribution in [0.25, 0.3) is 0 Å². The van der Waals surface area contributed by atoms with Crippen molar-refractivity contribution >= 4 is 17.8 Å². The van der Waals surface area contributed by atoms with Crippen molar-refractivity contribution in [3.63, 3.8) is 0 Å². The molecule has 0 aromatic carbocycles. The Morgan fingerprint density at radius 3 is 2.30 bits per heavy atom. The van der Waals surface area contributed by atoms with Crippen molar-refractivity contribution in [1.82, 2.24) is 4.90 Å². The third-order valence-corrected chi connectivity index (χ3v) is 3.27. The number of rotatable bonds is 6. The van der Waals surface area contributed by atoms with Gasteiger partial charge in [-0.25, -0.2) is 4.79 Å². The SMILES string of the molecule is C=C(/C=C/C(=O)OC)OCCN1C(=O)[C@@H](C)[C@@H](C)C1=O. The van der Waals surface area contributed by atoms with Crippen LogP contribution in [0.15, 0.2) is 24.5 Å². The van der Waals surface area contributed by atoms with E-state index >= 15 is 0 Å². The number of hydrogen-bond donors (Lipinski definition) is 0. The van der Waals surface area contributed by atoms with E-state index in [1.54, 1.807) is 13.8 Å². The van der Waals surface area contributed by atoms with E-state index in [4.69, 9.17) is 4.74 Å². The summed E-state index contributed by atoms with van der Waals surface area (Å²) >= 11 is 0. The molecule has 110 valence electrons. The van der Waals surface area contributed by atoms with Crippen LogP contribution in [0.3, 0.4) is 0 Å². The van der Waals surface area contributed by atoms with Gasteiger partial charge in [-0.1, -0.05) is 20.4 Å². The lowest BCUT2D eigenvalue weighted by molar-refractivity contribution is -0.140. The highest BCUT2D eigenvalue weighted by atomic mass is 16.5. The minimum Gasteiger partial charge on any atom is -0.492 e. The quantitative estimate of drug-likeness (QED) is 0.238. The molecule has 1 aliphatic heterocycles. The highest BCUT2D eigenvalue weighted by molar-refractivity contribution is 6.04. The van der Waals surface area contributed by atoms with Gasteiger partial charge in [0.25, 0.3) is 0 Å². The van der Waals surface area contributed by atoms with Crippen LogP contribution in [0.4, 0.5) is 0 Å². The fourth-order valence-corrected chi connectivity index (χ4v) is 1.79. The molecule has 1 heterocycles. The highest BCUT2D eigenvalue weighted by Crippen LogP contribution is 2.24. The number of allylic oxidation sites excluding steroid dienone is 1. The van der Waals surface area contributed by atoms with Gasteiger partial charge in [0.15, 0.2) is 0 Å². The zero-order valence-electron chi connectivity index (χ0n) is 11.9. The molecule has 20 heavy (non-hydrogen) atoms. The molecule has 0 unspecified atom stereocenters. The molecule has 0 aromatic rings. The van der Waals surface area contributed by atoms with Crippen LogP contribution in [0.1, 0.15) is 13.8 Å².